The number of imide groups is 1. The summed E-state index contributed by atoms with van der Waals surface area (Å²) in [4.78, 5) is 81.0. The zero-order valence-corrected chi connectivity index (χ0v) is 31.7. The normalized spacial score (nSPS) is 14.8. The van der Waals surface area contributed by atoms with Crippen LogP contribution in [0.1, 0.15) is 75.5 Å². The summed E-state index contributed by atoms with van der Waals surface area (Å²) in [6.07, 6.45) is -5.41. The summed E-state index contributed by atoms with van der Waals surface area (Å²) in [6, 6.07) is 21.4. The van der Waals surface area contributed by atoms with Gasteiger partial charge in [-0.1, -0.05) is 36.4 Å². The molecule has 1 N–H and O–H groups in total. The number of amides is 4. The third-order valence-corrected chi connectivity index (χ3v) is 7.60. The van der Waals surface area contributed by atoms with Crippen molar-refractivity contribution in [3.05, 3.63) is 95.1 Å². The molecule has 0 spiro atoms. The van der Waals surface area contributed by atoms with Gasteiger partial charge >= 0.3 is 24.1 Å². The van der Waals surface area contributed by atoms with Crippen LogP contribution in [0, 0.1) is 11.3 Å². The first-order valence-electron chi connectivity index (χ1n) is 17.3. The summed E-state index contributed by atoms with van der Waals surface area (Å²) in [5.41, 5.74) is -0.346. The first-order valence-corrected chi connectivity index (χ1v) is 17.3. The van der Waals surface area contributed by atoms with Gasteiger partial charge in [0.1, 0.15) is 17.8 Å². The number of nitrogens with zero attached hydrogens (tertiary/aromatic N) is 3. The van der Waals surface area contributed by atoms with Crippen molar-refractivity contribution in [2.75, 3.05) is 23.4 Å². The van der Waals surface area contributed by atoms with Crippen molar-refractivity contribution in [2.24, 2.45) is 0 Å². The summed E-state index contributed by atoms with van der Waals surface area (Å²) in [5.74, 6) is -3.14. The van der Waals surface area contributed by atoms with Gasteiger partial charge in [-0.05, 0) is 89.1 Å². The molecule has 1 fully saturated rings. The number of anilines is 2. The van der Waals surface area contributed by atoms with Crippen LogP contribution in [-0.2, 0) is 51.2 Å². The Labute approximate surface area is 319 Å². The lowest BCUT2D eigenvalue weighted by atomic mass is 10.1. The highest BCUT2D eigenvalue weighted by atomic mass is 16.6. The maximum atomic E-state index is 13.9. The fourth-order valence-corrected chi connectivity index (χ4v) is 5.25. The predicted molar refractivity (Wildman–Crippen MR) is 197 cm³/mol. The van der Waals surface area contributed by atoms with Crippen molar-refractivity contribution < 1.29 is 52.5 Å². The maximum absolute atomic E-state index is 13.9. The van der Waals surface area contributed by atoms with Gasteiger partial charge in [0.25, 0.3) is 11.8 Å². The molecule has 1 heterocycles. The van der Waals surface area contributed by atoms with Gasteiger partial charge in [0.05, 0.1) is 30.3 Å². The highest BCUT2D eigenvalue weighted by Crippen LogP contribution is 2.26. The molecule has 15 nitrogen and oxygen atoms in total. The Morgan fingerprint density at radius 3 is 2.18 bits per heavy atom. The van der Waals surface area contributed by atoms with Crippen LogP contribution in [0.4, 0.5) is 21.0 Å². The molecule has 0 unspecified atom stereocenters. The Balaban J connectivity index is 1.56. The molecular formula is C40H44N4O11. The topological polar surface area (TPSA) is 191 Å². The van der Waals surface area contributed by atoms with Crippen molar-refractivity contribution >= 4 is 47.3 Å². The standard InChI is InChI=1S/C40H44N4O11/c1-25(45)53-32(33-35(47)43(18-19-51-33)31-15-11-14-27(21-31)36(48)52-24-26-12-9-8-10-13-26)34(46)42-30-17-16-28(22-41)29(20-30)23-44(37(49)54-39(2,3)4)38(50)55-40(5,6)7/h8-17,20-21,32-33H,18-19,23-24H2,1-7H3,(H,42,46)/t32-,33-/m1/s1. The molecule has 2 atom stereocenters. The van der Waals surface area contributed by atoms with Crippen LogP contribution in [0.3, 0.4) is 0 Å². The average Bonchev–Trinajstić information content (AvgIpc) is 3.11. The highest BCUT2D eigenvalue weighted by Gasteiger charge is 2.43. The minimum Gasteiger partial charge on any atom is -0.457 e. The minimum atomic E-state index is -1.77. The largest absolute Gasteiger partial charge is 0.457 e. The number of ether oxygens (including phenoxy) is 5. The number of rotatable bonds is 10. The number of benzene rings is 3. The number of nitriles is 1. The van der Waals surface area contributed by atoms with E-state index < -0.39 is 65.9 Å². The van der Waals surface area contributed by atoms with Gasteiger partial charge in [0, 0.05) is 24.8 Å². The highest BCUT2D eigenvalue weighted by molar-refractivity contribution is 6.05. The van der Waals surface area contributed by atoms with Gasteiger partial charge in [-0.2, -0.15) is 5.26 Å². The molecule has 3 aromatic rings. The van der Waals surface area contributed by atoms with E-state index in [1.807, 2.05) is 36.4 Å². The van der Waals surface area contributed by atoms with Crippen molar-refractivity contribution in [1.82, 2.24) is 4.90 Å². The molecule has 0 aromatic heterocycles. The zero-order valence-electron chi connectivity index (χ0n) is 31.7. The number of hydrogen-bond acceptors (Lipinski definition) is 12. The third-order valence-electron chi connectivity index (χ3n) is 7.60. The molecule has 1 saturated heterocycles. The van der Waals surface area contributed by atoms with Gasteiger partial charge < -0.3 is 33.9 Å². The van der Waals surface area contributed by atoms with Crippen LogP contribution in [0.15, 0.2) is 72.8 Å². The Morgan fingerprint density at radius 2 is 1.58 bits per heavy atom. The molecule has 1 aliphatic heterocycles. The number of esters is 2. The molecule has 0 aliphatic carbocycles. The smallest absolute Gasteiger partial charge is 0.420 e. The lowest BCUT2D eigenvalue weighted by Gasteiger charge is -2.35. The molecule has 3 aromatic carbocycles. The number of carbonyl (C=O) groups is 6. The van der Waals surface area contributed by atoms with Crippen molar-refractivity contribution in [1.29, 1.82) is 5.26 Å². The summed E-state index contributed by atoms with van der Waals surface area (Å²) in [6.45, 7) is 10.4. The van der Waals surface area contributed by atoms with Gasteiger partial charge in [0.15, 0.2) is 6.10 Å². The zero-order chi connectivity index (χ0) is 40.5. The van der Waals surface area contributed by atoms with E-state index in [2.05, 4.69) is 5.32 Å². The summed E-state index contributed by atoms with van der Waals surface area (Å²) < 4.78 is 27.3. The van der Waals surface area contributed by atoms with Crippen LogP contribution < -0.4 is 10.2 Å². The fraction of sp³-hybridized carbons (Fsp3) is 0.375. The molecule has 1 aliphatic rings. The molecule has 55 heavy (non-hydrogen) atoms. The minimum absolute atomic E-state index is 0.0453. The van der Waals surface area contributed by atoms with Crippen LogP contribution in [0.25, 0.3) is 0 Å². The van der Waals surface area contributed by atoms with Gasteiger partial charge in [0.2, 0.25) is 6.10 Å². The van der Waals surface area contributed by atoms with Crippen molar-refractivity contribution in [3.63, 3.8) is 0 Å². The molecule has 290 valence electrons. The summed E-state index contributed by atoms with van der Waals surface area (Å²) in [7, 11) is 0. The lowest BCUT2D eigenvalue weighted by molar-refractivity contribution is -0.167. The van der Waals surface area contributed by atoms with E-state index in [0.29, 0.717) is 10.6 Å². The predicted octanol–water partition coefficient (Wildman–Crippen LogP) is 5.89. The second-order valence-electron chi connectivity index (χ2n) is 14.4. The maximum Gasteiger partial charge on any atom is 0.420 e. The lowest BCUT2D eigenvalue weighted by Crippen LogP contribution is -2.56. The second kappa shape index (κ2) is 17.7. The first kappa shape index (κ1) is 41.5. The summed E-state index contributed by atoms with van der Waals surface area (Å²) >= 11 is 0. The van der Waals surface area contributed by atoms with E-state index in [1.165, 1.54) is 29.2 Å². The van der Waals surface area contributed by atoms with Gasteiger partial charge in [-0.3, -0.25) is 14.4 Å². The van der Waals surface area contributed by atoms with E-state index in [0.717, 1.165) is 12.5 Å². The third kappa shape index (κ3) is 11.9. The quantitative estimate of drug-likeness (QED) is 0.191. The molecular weight excluding hydrogens is 712 g/mol. The second-order valence-corrected chi connectivity index (χ2v) is 14.4. The van der Waals surface area contributed by atoms with Crippen LogP contribution in [0.2, 0.25) is 0 Å². The Kier molecular flexibility index (Phi) is 13.4. The Morgan fingerprint density at radius 1 is 0.927 bits per heavy atom. The van der Waals surface area contributed by atoms with E-state index >= 15 is 0 Å². The number of morpholine rings is 1. The fourth-order valence-electron chi connectivity index (χ4n) is 5.25. The van der Waals surface area contributed by atoms with E-state index in [1.54, 1.807) is 59.7 Å². The molecule has 4 amide bonds. The molecule has 4 rings (SSSR count). The molecule has 0 saturated carbocycles. The monoisotopic (exact) mass is 756 g/mol. The van der Waals surface area contributed by atoms with Crippen molar-refractivity contribution in [2.45, 2.75) is 85.0 Å². The SMILES string of the molecule is CC(=O)O[C@@H](C(=O)Nc1ccc(C#N)c(CN(C(=O)OC(C)(C)C)C(=O)OC(C)(C)C)c1)[C@H]1OCCN(c2cccc(C(=O)OCc3ccccc3)c2)C1=O. The van der Waals surface area contributed by atoms with Crippen LogP contribution in [-0.4, -0.2) is 77.4 Å². The molecule has 0 radical (unpaired) electrons. The first-order chi connectivity index (χ1) is 25.8. The van der Waals surface area contributed by atoms with Crippen LogP contribution in [0.5, 0.6) is 0 Å². The summed E-state index contributed by atoms with van der Waals surface area (Å²) in [5, 5.41) is 12.4. The van der Waals surface area contributed by atoms with Crippen LogP contribution >= 0.6 is 0 Å². The molecule has 15 heteroatoms. The van der Waals surface area contributed by atoms with Crippen molar-refractivity contribution in [3.8, 4) is 6.07 Å². The molecule has 0 bridgehead atoms. The van der Waals surface area contributed by atoms with E-state index in [4.69, 9.17) is 23.7 Å². The average molecular weight is 757 g/mol. The van der Waals surface area contributed by atoms with Gasteiger partial charge in [-0.15, -0.1) is 0 Å². The number of carbonyl (C=O) groups excluding carboxylic acids is 6. The Bertz CT molecular complexity index is 1930. The van der Waals surface area contributed by atoms with Gasteiger partial charge in [-0.25, -0.2) is 19.3 Å². The van der Waals surface area contributed by atoms with E-state index in [9.17, 15) is 34.0 Å². The van der Waals surface area contributed by atoms with E-state index in [-0.39, 0.29) is 42.1 Å². The number of nitrogens with one attached hydrogen (secondary N) is 1. The number of hydrogen-bond donors (Lipinski definition) is 1. The Hall–Kier alpha value is -6.27.